The maximum Gasteiger partial charge on any atom is 0.416 e. The van der Waals surface area contributed by atoms with Gasteiger partial charge in [0.15, 0.2) is 11.5 Å². The number of hydroxylamine groups is 1. The number of Topliss-reactive ketones (excluding diaryl/α,β-unsaturated/α-hetero) is 1. The molecule has 0 atom stereocenters. The lowest BCUT2D eigenvalue weighted by atomic mass is 10.2. The summed E-state index contributed by atoms with van der Waals surface area (Å²) < 4.78 is 42.6. The van der Waals surface area contributed by atoms with E-state index in [0.717, 1.165) is 32.6 Å². The molecule has 1 amide bonds. The first kappa shape index (κ1) is 19.2. The molecule has 130 valence electrons. The van der Waals surface area contributed by atoms with E-state index in [4.69, 9.17) is 10.1 Å². The molecule has 0 aromatic heterocycles. The molecule has 0 fully saturated rings. The molecule has 0 aliphatic heterocycles. The van der Waals surface area contributed by atoms with Crippen LogP contribution in [0.25, 0.3) is 0 Å². The molecule has 0 aliphatic carbocycles. The second-order valence-electron chi connectivity index (χ2n) is 4.28. The second kappa shape index (κ2) is 8.11. The standard InChI is InChI=1S/C14H14F3N3O4/c1-23-10(12(21)11(18)13(22)20-24-2)7-19-9-5-3-4-8(6-9)14(15,16)17/h3-7,18-19H,1-2H3,(H,20,22)/b10-7+,18-11?. The van der Waals surface area contributed by atoms with Gasteiger partial charge in [0.05, 0.1) is 19.8 Å². The van der Waals surface area contributed by atoms with Gasteiger partial charge in [0.25, 0.3) is 11.7 Å². The van der Waals surface area contributed by atoms with E-state index in [1.807, 2.05) is 0 Å². The Labute approximate surface area is 134 Å². The van der Waals surface area contributed by atoms with Gasteiger partial charge in [0.1, 0.15) is 0 Å². The molecule has 10 heteroatoms. The summed E-state index contributed by atoms with van der Waals surface area (Å²) in [6.45, 7) is 0. The lowest BCUT2D eigenvalue weighted by Gasteiger charge is -2.10. The van der Waals surface area contributed by atoms with Crippen molar-refractivity contribution in [2.75, 3.05) is 19.5 Å². The van der Waals surface area contributed by atoms with Gasteiger partial charge in [-0.05, 0) is 18.2 Å². The van der Waals surface area contributed by atoms with Crippen molar-refractivity contribution < 1.29 is 32.3 Å². The number of methoxy groups -OCH3 is 1. The third kappa shape index (κ3) is 5.09. The normalized spacial score (nSPS) is 11.6. The van der Waals surface area contributed by atoms with Crippen LogP contribution < -0.4 is 10.8 Å². The Morgan fingerprint density at radius 1 is 1.25 bits per heavy atom. The van der Waals surface area contributed by atoms with E-state index >= 15 is 0 Å². The van der Waals surface area contributed by atoms with Crippen molar-refractivity contribution in [3.8, 4) is 0 Å². The van der Waals surface area contributed by atoms with Crippen molar-refractivity contribution in [2.24, 2.45) is 0 Å². The lowest BCUT2D eigenvalue weighted by Crippen LogP contribution is -2.35. The zero-order chi connectivity index (χ0) is 18.3. The Kier molecular flexibility index (Phi) is 6.48. The molecular weight excluding hydrogens is 331 g/mol. The minimum atomic E-state index is -4.51. The zero-order valence-corrected chi connectivity index (χ0v) is 12.7. The molecule has 0 radical (unpaired) electrons. The second-order valence-corrected chi connectivity index (χ2v) is 4.28. The maximum atomic E-state index is 12.6. The monoisotopic (exact) mass is 345 g/mol. The highest BCUT2D eigenvalue weighted by Crippen LogP contribution is 2.30. The number of hydrogen-bond donors (Lipinski definition) is 3. The predicted molar refractivity (Wildman–Crippen MR) is 78.0 cm³/mol. The summed E-state index contributed by atoms with van der Waals surface area (Å²) >= 11 is 0. The number of nitrogens with one attached hydrogen (secondary N) is 3. The van der Waals surface area contributed by atoms with Crippen molar-refractivity contribution >= 4 is 23.1 Å². The summed E-state index contributed by atoms with van der Waals surface area (Å²) in [5.41, 5.74) is -0.00645. The van der Waals surface area contributed by atoms with Gasteiger partial charge in [0, 0.05) is 11.9 Å². The average Bonchev–Trinajstić information content (AvgIpc) is 2.54. The summed E-state index contributed by atoms with van der Waals surface area (Å²) in [7, 11) is 2.23. The quantitative estimate of drug-likeness (QED) is 0.230. The fourth-order valence-corrected chi connectivity index (χ4v) is 1.52. The number of ketones is 1. The summed E-state index contributed by atoms with van der Waals surface area (Å²) in [6, 6.07) is 4.24. The molecule has 0 saturated heterocycles. The predicted octanol–water partition coefficient (Wildman–Crippen LogP) is 1.87. The number of hydrogen-bond acceptors (Lipinski definition) is 6. The van der Waals surface area contributed by atoms with Crippen LogP contribution in [0.5, 0.6) is 0 Å². The van der Waals surface area contributed by atoms with Gasteiger partial charge in [-0.3, -0.25) is 19.8 Å². The van der Waals surface area contributed by atoms with Gasteiger partial charge in [-0.1, -0.05) is 6.07 Å². The molecule has 0 bridgehead atoms. The third-order valence-electron chi connectivity index (χ3n) is 2.65. The number of allylic oxidation sites excluding steroid dienone is 1. The van der Waals surface area contributed by atoms with Crippen molar-refractivity contribution in [1.29, 1.82) is 5.41 Å². The Morgan fingerprint density at radius 2 is 1.92 bits per heavy atom. The zero-order valence-electron chi connectivity index (χ0n) is 12.7. The largest absolute Gasteiger partial charge is 0.491 e. The molecular formula is C14H14F3N3O4. The van der Waals surface area contributed by atoms with E-state index in [9.17, 15) is 22.8 Å². The molecule has 24 heavy (non-hydrogen) atoms. The van der Waals surface area contributed by atoms with E-state index in [1.165, 1.54) is 12.1 Å². The first-order chi connectivity index (χ1) is 11.2. The summed E-state index contributed by atoms with van der Waals surface area (Å²) in [4.78, 5) is 27.5. The summed E-state index contributed by atoms with van der Waals surface area (Å²) in [6.07, 6.45) is -3.56. The first-order valence-corrected chi connectivity index (χ1v) is 6.35. The van der Waals surface area contributed by atoms with Crippen LogP contribution in [0.2, 0.25) is 0 Å². The molecule has 7 nitrogen and oxygen atoms in total. The minimum Gasteiger partial charge on any atom is -0.491 e. The van der Waals surface area contributed by atoms with Crippen LogP contribution in [-0.2, 0) is 25.3 Å². The average molecular weight is 345 g/mol. The number of carbonyl (C=O) groups excluding carboxylic acids is 2. The molecule has 0 spiro atoms. The molecule has 0 aliphatic rings. The maximum absolute atomic E-state index is 12.6. The van der Waals surface area contributed by atoms with Crippen LogP contribution in [0.4, 0.5) is 18.9 Å². The van der Waals surface area contributed by atoms with Gasteiger partial charge < -0.3 is 10.1 Å². The Morgan fingerprint density at radius 3 is 2.46 bits per heavy atom. The SMILES string of the molecule is CONC(=O)C(=N)C(=O)/C(=C\Nc1cccc(C(F)(F)F)c1)OC. The Bertz CT molecular complexity index is 671. The van der Waals surface area contributed by atoms with Crippen molar-refractivity contribution in [1.82, 2.24) is 5.48 Å². The lowest BCUT2D eigenvalue weighted by molar-refractivity contribution is -0.137. The minimum absolute atomic E-state index is 0.0417. The van der Waals surface area contributed by atoms with Gasteiger partial charge in [-0.2, -0.15) is 13.2 Å². The Balaban J connectivity index is 2.92. The topological polar surface area (TPSA) is 101 Å². The fraction of sp³-hybridized carbons (Fsp3) is 0.214. The number of carbonyl (C=O) groups is 2. The molecule has 3 N–H and O–H groups in total. The third-order valence-corrected chi connectivity index (χ3v) is 2.65. The Hall–Kier alpha value is -2.88. The van der Waals surface area contributed by atoms with E-state index < -0.39 is 34.9 Å². The highest BCUT2D eigenvalue weighted by Gasteiger charge is 2.30. The molecule has 0 unspecified atom stereocenters. The van der Waals surface area contributed by atoms with Gasteiger partial charge >= 0.3 is 6.18 Å². The van der Waals surface area contributed by atoms with Crippen LogP contribution in [0, 0.1) is 5.41 Å². The molecule has 0 heterocycles. The molecule has 1 rings (SSSR count). The van der Waals surface area contributed by atoms with E-state index in [1.54, 1.807) is 5.48 Å². The van der Waals surface area contributed by atoms with E-state index in [2.05, 4.69) is 10.2 Å². The number of ether oxygens (including phenoxy) is 1. The summed E-state index contributed by atoms with van der Waals surface area (Å²) in [5, 5.41) is 9.85. The number of amides is 1. The number of anilines is 1. The van der Waals surface area contributed by atoms with Crippen molar-refractivity contribution in [2.45, 2.75) is 6.18 Å². The fourth-order valence-electron chi connectivity index (χ4n) is 1.52. The summed E-state index contributed by atoms with van der Waals surface area (Å²) in [5.74, 6) is -2.61. The van der Waals surface area contributed by atoms with E-state index in [0.29, 0.717) is 0 Å². The number of halogens is 3. The van der Waals surface area contributed by atoms with Crippen LogP contribution in [0.1, 0.15) is 5.56 Å². The first-order valence-electron chi connectivity index (χ1n) is 6.35. The smallest absolute Gasteiger partial charge is 0.416 e. The highest BCUT2D eigenvalue weighted by atomic mass is 19.4. The van der Waals surface area contributed by atoms with Crippen molar-refractivity contribution in [3.05, 3.63) is 41.8 Å². The molecule has 1 aromatic rings. The van der Waals surface area contributed by atoms with Crippen LogP contribution in [-0.4, -0.2) is 31.6 Å². The number of rotatable bonds is 7. The van der Waals surface area contributed by atoms with Gasteiger partial charge in [-0.25, -0.2) is 5.48 Å². The van der Waals surface area contributed by atoms with Crippen LogP contribution in [0.15, 0.2) is 36.2 Å². The van der Waals surface area contributed by atoms with Crippen LogP contribution in [0.3, 0.4) is 0 Å². The highest BCUT2D eigenvalue weighted by molar-refractivity contribution is 6.67. The van der Waals surface area contributed by atoms with Crippen LogP contribution >= 0.6 is 0 Å². The van der Waals surface area contributed by atoms with Gasteiger partial charge in [0.2, 0.25) is 0 Å². The van der Waals surface area contributed by atoms with E-state index in [-0.39, 0.29) is 5.69 Å². The number of alkyl halides is 3. The molecule has 0 saturated carbocycles. The number of benzene rings is 1. The molecule has 1 aromatic carbocycles. The van der Waals surface area contributed by atoms with Crippen molar-refractivity contribution in [3.63, 3.8) is 0 Å². The van der Waals surface area contributed by atoms with Gasteiger partial charge in [-0.15, -0.1) is 0 Å².